The van der Waals surface area contributed by atoms with Crippen LogP contribution in [0.25, 0.3) is 0 Å². The van der Waals surface area contributed by atoms with Crippen LogP contribution in [0, 0.1) is 5.92 Å². The predicted molar refractivity (Wildman–Crippen MR) is 81.4 cm³/mol. The molecule has 0 heterocycles. The average Bonchev–Trinajstić information content (AvgIpc) is 3.25. The minimum absolute atomic E-state index is 0.123. The number of hydrogen-bond acceptors (Lipinski definition) is 4. The first-order chi connectivity index (χ1) is 10.1. The van der Waals surface area contributed by atoms with Crippen molar-refractivity contribution in [3.63, 3.8) is 0 Å². The first kappa shape index (κ1) is 15.8. The fraction of sp³-hybridized carbons (Fsp3) is 0.562. The van der Waals surface area contributed by atoms with Crippen LogP contribution in [0.15, 0.2) is 24.3 Å². The summed E-state index contributed by atoms with van der Waals surface area (Å²) in [5.41, 5.74) is 1.20. The molecule has 1 aliphatic carbocycles. The molecule has 1 fully saturated rings. The maximum Gasteiger partial charge on any atom is 0.223 e. The molecule has 2 atom stereocenters. The average molecular weight is 292 g/mol. The smallest absolute Gasteiger partial charge is 0.223 e. The molecular formula is C16H24N2O3. The van der Waals surface area contributed by atoms with Crippen LogP contribution in [0.5, 0.6) is 5.75 Å². The fourth-order valence-corrected chi connectivity index (χ4v) is 2.33. The Balaban J connectivity index is 1.78. The van der Waals surface area contributed by atoms with E-state index in [-0.39, 0.29) is 18.6 Å². The van der Waals surface area contributed by atoms with Crippen molar-refractivity contribution < 1.29 is 14.3 Å². The number of likely N-dealkylation sites (N-methyl/N-ethyl adjacent to an activating group) is 1. The van der Waals surface area contributed by atoms with E-state index in [2.05, 4.69) is 10.2 Å². The number of benzene rings is 1. The molecule has 0 radical (unpaired) electrons. The summed E-state index contributed by atoms with van der Waals surface area (Å²) in [6.45, 7) is 1.83. The molecule has 1 aromatic rings. The molecule has 0 saturated heterocycles. The summed E-state index contributed by atoms with van der Waals surface area (Å²) in [7, 11) is 5.59. The van der Waals surface area contributed by atoms with Crippen molar-refractivity contribution >= 4 is 5.91 Å². The minimum atomic E-state index is 0.123. The van der Waals surface area contributed by atoms with Gasteiger partial charge in [0.15, 0.2) is 6.79 Å². The van der Waals surface area contributed by atoms with Crippen molar-refractivity contribution in [1.29, 1.82) is 0 Å². The monoisotopic (exact) mass is 292 g/mol. The van der Waals surface area contributed by atoms with Crippen LogP contribution >= 0.6 is 0 Å². The fourth-order valence-electron chi connectivity index (χ4n) is 2.33. The highest BCUT2D eigenvalue weighted by molar-refractivity contribution is 5.82. The number of methoxy groups -OCH3 is 1. The molecule has 0 aliphatic heterocycles. The van der Waals surface area contributed by atoms with Crippen molar-refractivity contribution in [3.8, 4) is 5.75 Å². The van der Waals surface area contributed by atoms with Crippen molar-refractivity contribution in [2.24, 2.45) is 5.92 Å². The Hall–Kier alpha value is -1.59. The topological polar surface area (TPSA) is 50.8 Å². The van der Waals surface area contributed by atoms with Gasteiger partial charge in [-0.2, -0.15) is 0 Å². The number of rotatable bonds is 8. The standard InChI is InChI=1S/C16H24N2O3/c1-18(2)9-8-17-16(19)15-10-14(15)12-4-6-13(7-5-12)21-11-20-3/h4-7,14-15H,8-11H2,1-3H3,(H,17,19). The van der Waals surface area contributed by atoms with E-state index in [4.69, 9.17) is 9.47 Å². The summed E-state index contributed by atoms with van der Waals surface area (Å²) in [6, 6.07) is 7.91. The lowest BCUT2D eigenvalue weighted by molar-refractivity contribution is -0.122. The first-order valence-electron chi connectivity index (χ1n) is 7.26. The lowest BCUT2D eigenvalue weighted by atomic mass is 10.1. The van der Waals surface area contributed by atoms with Crippen LogP contribution in [0.3, 0.4) is 0 Å². The molecule has 5 nitrogen and oxygen atoms in total. The summed E-state index contributed by atoms with van der Waals surface area (Å²) >= 11 is 0. The van der Waals surface area contributed by atoms with Crippen LogP contribution in [0.1, 0.15) is 17.9 Å². The summed E-state index contributed by atoms with van der Waals surface area (Å²) in [5, 5.41) is 2.99. The summed E-state index contributed by atoms with van der Waals surface area (Å²) < 4.78 is 10.2. The number of carbonyl (C=O) groups excluding carboxylic acids is 1. The number of nitrogens with zero attached hydrogens (tertiary/aromatic N) is 1. The highest BCUT2D eigenvalue weighted by Gasteiger charge is 2.43. The van der Waals surface area contributed by atoms with Gasteiger partial charge in [-0.05, 0) is 44.1 Å². The van der Waals surface area contributed by atoms with Crippen LogP contribution in [-0.4, -0.2) is 51.9 Å². The highest BCUT2D eigenvalue weighted by atomic mass is 16.7. The third-order valence-corrected chi connectivity index (χ3v) is 3.64. The lowest BCUT2D eigenvalue weighted by Crippen LogP contribution is -2.32. The Kier molecular flexibility index (Phi) is 5.59. The van der Waals surface area contributed by atoms with E-state index >= 15 is 0 Å². The number of nitrogens with one attached hydrogen (secondary N) is 1. The zero-order valence-corrected chi connectivity index (χ0v) is 13.0. The Morgan fingerprint density at radius 3 is 2.67 bits per heavy atom. The third-order valence-electron chi connectivity index (χ3n) is 3.64. The second-order valence-corrected chi connectivity index (χ2v) is 5.66. The molecule has 0 aromatic heterocycles. The molecular weight excluding hydrogens is 268 g/mol. The Morgan fingerprint density at radius 1 is 1.33 bits per heavy atom. The van der Waals surface area contributed by atoms with Gasteiger partial charge in [-0.25, -0.2) is 0 Å². The third kappa shape index (κ3) is 4.72. The van der Waals surface area contributed by atoms with E-state index in [0.717, 1.165) is 18.7 Å². The van der Waals surface area contributed by atoms with Crippen LogP contribution in [-0.2, 0) is 9.53 Å². The Labute approximate surface area is 126 Å². The first-order valence-corrected chi connectivity index (χ1v) is 7.26. The number of ether oxygens (including phenoxy) is 2. The number of amides is 1. The molecule has 0 bridgehead atoms. The largest absolute Gasteiger partial charge is 0.468 e. The molecule has 1 aliphatic rings. The minimum Gasteiger partial charge on any atom is -0.468 e. The highest BCUT2D eigenvalue weighted by Crippen LogP contribution is 2.47. The molecule has 1 N–H and O–H groups in total. The van der Waals surface area contributed by atoms with Crippen molar-refractivity contribution in [3.05, 3.63) is 29.8 Å². The van der Waals surface area contributed by atoms with Crippen molar-refractivity contribution in [1.82, 2.24) is 10.2 Å². The van der Waals surface area contributed by atoms with Gasteiger partial charge in [0.05, 0.1) is 0 Å². The van der Waals surface area contributed by atoms with E-state index in [9.17, 15) is 4.79 Å². The molecule has 1 amide bonds. The maximum absolute atomic E-state index is 12.0. The van der Waals surface area contributed by atoms with E-state index in [1.54, 1.807) is 7.11 Å². The van der Waals surface area contributed by atoms with Gasteiger partial charge in [0.25, 0.3) is 0 Å². The summed E-state index contributed by atoms with van der Waals surface area (Å²) in [5.74, 6) is 1.42. The van der Waals surface area contributed by atoms with E-state index in [0.29, 0.717) is 12.5 Å². The van der Waals surface area contributed by atoms with E-state index < -0.39 is 0 Å². The molecule has 2 unspecified atom stereocenters. The van der Waals surface area contributed by atoms with Crippen LogP contribution < -0.4 is 10.1 Å². The molecule has 0 spiro atoms. The van der Waals surface area contributed by atoms with Gasteiger partial charge in [0, 0.05) is 26.1 Å². The van der Waals surface area contributed by atoms with Gasteiger partial charge >= 0.3 is 0 Å². The van der Waals surface area contributed by atoms with Gasteiger partial charge in [-0.1, -0.05) is 12.1 Å². The summed E-state index contributed by atoms with van der Waals surface area (Å²) in [6.07, 6.45) is 0.937. The molecule has 1 aromatic carbocycles. The normalized spacial score (nSPS) is 20.4. The van der Waals surface area contributed by atoms with Gasteiger partial charge in [0.2, 0.25) is 5.91 Å². The van der Waals surface area contributed by atoms with Gasteiger partial charge < -0.3 is 19.7 Å². The molecule has 5 heteroatoms. The molecule has 21 heavy (non-hydrogen) atoms. The maximum atomic E-state index is 12.0. The van der Waals surface area contributed by atoms with E-state index in [1.165, 1.54) is 5.56 Å². The Morgan fingerprint density at radius 2 is 2.05 bits per heavy atom. The van der Waals surface area contributed by atoms with Crippen LogP contribution in [0.4, 0.5) is 0 Å². The number of hydrogen-bond donors (Lipinski definition) is 1. The zero-order chi connectivity index (χ0) is 15.2. The molecule has 116 valence electrons. The van der Waals surface area contributed by atoms with Crippen molar-refractivity contribution in [2.75, 3.05) is 41.1 Å². The van der Waals surface area contributed by atoms with Crippen molar-refractivity contribution in [2.45, 2.75) is 12.3 Å². The molecule has 2 rings (SSSR count). The van der Waals surface area contributed by atoms with E-state index in [1.807, 2.05) is 38.4 Å². The second kappa shape index (κ2) is 7.43. The quantitative estimate of drug-likeness (QED) is 0.737. The van der Waals surface area contributed by atoms with Crippen LogP contribution in [0.2, 0.25) is 0 Å². The number of carbonyl (C=O) groups is 1. The van der Waals surface area contributed by atoms with Gasteiger partial charge in [-0.15, -0.1) is 0 Å². The molecule has 1 saturated carbocycles. The van der Waals surface area contributed by atoms with Gasteiger partial charge in [-0.3, -0.25) is 4.79 Å². The lowest BCUT2D eigenvalue weighted by Gasteiger charge is -2.10. The van der Waals surface area contributed by atoms with Gasteiger partial charge in [0.1, 0.15) is 5.75 Å². The SMILES string of the molecule is COCOc1ccc(C2CC2C(=O)NCCN(C)C)cc1. The zero-order valence-electron chi connectivity index (χ0n) is 13.0. The summed E-state index contributed by atoms with van der Waals surface area (Å²) in [4.78, 5) is 14.1. The Bertz CT molecular complexity index is 459. The second-order valence-electron chi connectivity index (χ2n) is 5.66. The predicted octanol–water partition coefficient (Wildman–Crippen LogP) is 1.45.